The second-order valence-electron chi connectivity index (χ2n) is 9.39. The molecule has 0 spiro atoms. The van der Waals surface area contributed by atoms with Gasteiger partial charge in [-0.25, -0.2) is 13.1 Å². The highest BCUT2D eigenvalue weighted by Gasteiger charge is 2.58. The van der Waals surface area contributed by atoms with Gasteiger partial charge < -0.3 is 0 Å². The Hall–Kier alpha value is -1.77. The molecule has 0 amide bonds. The Kier molecular flexibility index (Phi) is 6.51. The number of aryl methyl sites for hydroxylation is 1. The number of fused-ring (bicyclic) bond motifs is 2. The molecule has 0 radical (unpaired) electrons. The van der Waals surface area contributed by atoms with Crippen molar-refractivity contribution >= 4 is 21.6 Å². The Morgan fingerprint density at radius 2 is 2.13 bits per heavy atom. The van der Waals surface area contributed by atoms with E-state index in [4.69, 9.17) is 11.6 Å². The second-order valence-corrected chi connectivity index (χ2v) is 11.5. The number of nitrogens with zero attached hydrogens (tertiary/aromatic N) is 3. The van der Waals surface area contributed by atoms with Gasteiger partial charge in [0, 0.05) is 17.5 Å². The summed E-state index contributed by atoms with van der Waals surface area (Å²) in [5, 5.41) is 14.4. The van der Waals surface area contributed by atoms with Crippen LogP contribution in [0.3, 0.4) is 0 Å². The third-order valence-corrected chi connectivity index (χ3v) is 8.93. The summed E-state index contributed by atoms with van der Waals surface area (Å²) in [4.78, 5) is 0.231. The molecule has 0 saturated heterocycles. The topological polar surface area (TPSA) is 101 Å². The van der Waals surface area contributed by atoms with E-state index in [0.29, 0.717) is 22.8 Å². The fourth-order valence-electron chi connectivity index (χ4n) is 5.26. The average Bonchev–Trinajstić information content (AvgIpc) is 3.24. The van der Waals surface area contributed by atoms with Gasteiger partial charge in [-0.15, -0.1) is 10.2 Å². The van der Waals surface area contributed by atoms with Crippen molar-refractivity contribution in [2.75, 3.05) is 0 Å². The van der Waals surface area contributed by atoms with Crippen LogP contribution >= 0.6 is 11.6 Å². The van der Waals surface area contributed by atoms with Crippen molar-refractivity contribution in [1.29, 1.82) is 0 Å². The molecule has 1 aromatic heterocycles. The summed E-state index contributed by atoms with van der Waals surface area (Å²) in [5.41, 5.74) is 0.173. The van der Waals surface area contributed by atoms with Crippen LogP contribution in [-0.4, -0.2) is 35.1 Å². The number of aromatic nitrogens is 4. The smallest absolute Gasteiger partial charge is 0.207 e. The fraction of sp³-hybridized carbons (Fsp3) is 0.591. The molecule has 1 aromatic carbocycles. The van der Waals surface area contributed by atoms with Crippen molar-refractivity contribution in [3.8, 4) is 0 Å². The van der Waals surface area contributed by atoms with Crippen molar-refractivity contribution in [3.63, 3.8) is 0 Å². The maximum absolute atomic E-state index is 13.1. The maximum atomic E-state index is 13.1. The standard InChI is InChI=1S/C22H30ClN5O2S/c1-22(2)16-12-15(8-5-3-4-6-11-20-24-27-28-25-20)21(19(22)13-16)26-31(29,30)18-10-7-9-17(23)14-18/h3,5,7,9-10,14-16,19,21,26H,4,6,8,11-13H2,1-2H3,(H,24,25,27,28)/b5-3-/t15-,16-,19-,21+/m0/s1. The highest BCUT2D eigenvalue weighted by atomic mass is 35.5. The summed E-state index contributed by atoms with van der Waals surface area (Å²) in [6.07, 6.45) is 10.1. The quantitative estimate of drug-likeness (QED) is 0.429. The number of hydrogen-bond donors (Lipinski definition) is 2. The molecule has 4 atom stereocenters. The molecule has 168 valence electrons. The van der Waals surface area contributed by atoms with Gasteiger partial charge in [0.25, 0.3) is 0 Å². The lowest BCUT2D eigenvalue weighted by Crippen LogP contribution is -2.63. The van der Waals surface area contributed by atoms with Crippen LogP contribution in [0, 0.1) is 23.2 Å². The second kappa shape index (κ2) is 9.00. The Balaban J connectivity index is 1.40. The predicted molar refractivity (Wildman–Crippen MR) is 120 cm³/mol. The molecule has 2 N–H and O–H groups in total. The molecule has 1 heterocycles. The van der Waals surface area contributed by atoms with Crippen LogP contribution in [0.1, 0.15) is 51.8 Å². The molecule has 3 saturated carbocycles. The zero-order valence-electron chi connectivity index (χ0n) is 18.0. The zero-order valence-corrected chi connectivity index (χ0v) is 19.5. The van der Waals surface area contributed by atoms with Gasteiger partial charge in [0.15, 0.2) is 5.82 Å². The Morgan fingerprint density at radius 3 is 2.84 bits per heavy atom. The van der Waals surface area contributed by atoms with Gasteiger partial charge in [0.05, 0.1) is 4.90 Å². The molecular formula is C22H30ClN5O2S. The molecule has 0 unspecified atom stereocenters. The van der Waals surface area contributed by atoms with Crippen LogP contribution in [0.5, 0.6) is 0 Å². The third kappa shape index (κ3) is 4.86. The molecule has 31 heavy (non-hydrogen) atoms. The number of rotatable bonds is 9. The number of sulfonamides is 1. The van der Waals surface area contributed by atoms with Crippen molar-refractivity contribution in [2.24, 2.45) is 23.2 Å². The van der Waals surface area contributed by atoms with Gasteiger partial charge in [-0.3, -0.25) is 0 Å². The number of aromatic amines is 1. The van der Waals surface area contributed by atoms with Crippen LogP contribution in [0.4, 0.5) is 0 Å². The molecule has 3 aliphatic rings. The first-order valence-electron chi connectivity index (χ1n) is 10.9. The Bertz CT molecular complexity index is 1020. The normalized spacial score (nSPS) is 27.3. The zero-order chi connectivity index (χ0) is 22.1. The summed E-state index contributed by atoms with van der Waals surface area (Å²) in [6, 6.07) is 6.42. The monoisotopic (exact) mass is 463 g/mol. The van der Waals surface area contributed by atoms with Crippen molar-refractivity contribution < 1.29 is 8.42 Å². The Labute approximate surface area is 189 Å². The van der Waals surface area contributed by atoms with Crippen LogP contribution in [0.25, 0.3) is 0 Å². The van der Waals surface area contributed by atoms with E-state index in [9.17, 15) is 8.42 Å². The number of tetrazole rings is 1. The lowest BCUT2D eigenvalue weighted by Gasteiger charge is -2.62. The first-order valence-corrected chi connectivity index (χ1v) is 12.8. The first-order chi connectivity index (χ1) is 14.8. The molecule has 2 bridgehead atoms. The number of allylic oxidation sites excluding steroid dienone is 2. The van der Waals surface area contributed by atoms with E-state index in [1.54, 1.807) is 18.2 Å². The SMILES string of the molecule is CC1(C)[C@H]2C[C@H](C/C=C\CCCc3nn[nH]n3)[C@@H](NS(=O)(=O)c3cccc(Cl)c3)[C@@H]1C2. The number of halogens is 1. The van der Waals surface area contributed by atoms with Crippen LogP contribution < -0.4 is 4.72 Å². The summed E-state index contributed by atoms with van der Waals surface area (Å²) < 4.78 is 29.2. The van der Waals surface area contributed by atoms with Crippen LogP contribution in [0.15, 0.2) is 41.3 Å². The van der Waals surface area contributed by atoms with E-state index in [0.717, 1.165) is 44.3 Å². The van der Waals surface area contributed by atoms with Gasteiger partial charge in [-0.2, -0.15) is 5.21 Å². The number of nitrogens with one attached hydrogen (secondary N) is 2. The molecule has 7 nitrogen and oxygen atoms in total. The van der Waals surface area contributed by atoms with Gasteiger partial charge in [0.2, 0.25) is 10.0 Å². The van der Waals surface area contributed by atoms with E-state index in [1.807, 2.05) is 0 Å². The van der Waals surface area contributed by atoms with E-state index in [-0.39, 0.29) is 16.4 Å². The number of hydrogen-bond acceptors (Lipinski definition) is 5. The van der Waals surface area contributed by atoms with Gasteiger partial charge in [-0.1, -0.05) is 48.9 Å². The van der Waals surface area contributed by atoms with E-state index < -0.39 is 10.0 Å². The minimum absolute atomic E-state index is 0.0621. The maximum Gasteiger partial charge on any atom is 0.240 e. The lowest BCUT2D eigenvalue weighted by atomic mass is 9.45. The van der Waals surface area contributed by atoms with Gasteiger partial charge in [0.1, 0.15) is 0 Å². The molecular weight excluding hydrogens is 434 g/mol. The van der Waals surface area contributed by atoms with Gasteiger partial charge in [-0.05, 0) is 73.5 Å². The lowest BCUT2D eigenvalue weighted by molar-refractivity contribution is -0.108. The van der Waals surface area contributed by atoms with Crippen molar-refractivity contribution in [2.45, 2.75) is 63.3 Å². The summed E-state index contributed by atoms with van der Waals surface area (Å²) >= 11 is 6.03. The molecule has 3 fully saturated rings. The van der Waals surface area contributed by atoms with E-state index in [1.165, 1.54) is 6.07 Å². The highest BCUT2D eigenvalue weighted by Crippen LogP contribution is 2.61. The predicted octanol–water partition coefficient (Wildman–Crippen LogP) is 4.15. The molecule has 9 heteroatoms. The van der Waals surface area contributed by atoms with Crippen molar-refractivity contribution in [3.05, 3.63) is 47.3 Å². The minimum Gasteiger partial charge on any atom is -0.207 e. The summed E-state index contributed by atoms with van der Waals surface area (Å²) in [5.74, 6) is 2.07. The minimum atomic E-state index is -3.62. The summed E-state index contributed by atoms with van der Waals surface area (Å²) in [7, 11) is -3.62. The van der Waals surface area contributed by atoms with E-state index in [2.05, 4.69) is 51.3 Å². The molecule has 0 aliphatic heterocycles. The molecule has 2 aromatic rings. The highest BCUT2D eigenvalue weighted by molar-refractivity contribution is 7.89. The first kappa shape index (κ1) is 22.4. The van der Waals surface area contributed by atoms with Crippen molar-refractivity contribution in [1.82, 2.24) is 25.3 Å². The largest absolute Gasteiger partial charge is 0.240 e. The average molecular weight is 464 g/mol. The number of benzene rings is 1. The van der Waals surface area contributed by atoms with Gasteiger partial charge >= 0.3 is 0 Å². The number of unbranched alkanes of at least 4 members (excludes halogenated alkanes) is 1. The molecule has 5 rings (SSSR count). The van der Waals surface area contributed by atoms with Crippen LogP contribution in [0.2, 0.25) is 5.02 Å². The fourth-order valence-corrected chi connectivity index (χ4v) is 6.91. The molecule has 3 aliphatic carbocycles. The van der Waals surface area contributed by atoms with E-state index >= 15 is 0 Å². The van der Waals surface area contributed by atoms with Crippen LogP contribution in [-0.2, 0) is 16.4 Å². The third-order valence-electron chi connectivity index (χ3n) is 7.24. The summed E-state index contributed by atoms with van der Waals surface area (Å²) in [6.45, 7) is 4.55. The number of H-pyrrole nitrogens is 1. The Morgan fingerprint density at radius 1 is 1.29 bits per heavy atom.